The van der Waals surface area contributed by atoms with Gasteiger partial charge in [-0.15, -0.1) is 0 Å². The van der Waals surface area contributed by atoms with Crippen LogP contribution < -0.4 is 20.5 Å². The number of aryl methyl sites for hydroxylation is 1. The fourth-order valence-electron chi connectivity index (χ4n) is 3.83. The van der Waals surface area contributed by atoms with Gasteiger partial charge in [-0.05, 0) is 58.4 Å². The number of carbonyl (C=O) groups excluding carboxylic acids is 1. The number of benzene rings is 2. The molecule has 218 valence electrons. The van der Waals surface area contributed by atoms with Crippen LogP contribution in [-0.2, 0) is 6.54 Å². The lowest BCUT2D eigenvalue weighted by Gasteiger charge is -2.20. The molecule has 0 atom stereocenters. The minimum atomic E-state index is -0.167. The molecule has 10 nitrogen and oxygen atoms in total. The Morgan fingerprint density at radius 3 is 2.10 bits per heavy atom. The standard InChI is InChI=1S/C26H33N5O3.C4H12N2/c1-18-9-7-8-10-22(18)24-23(16-28-26(29-24)27-11-12-30(2)3)25(32)31(4)17-19-13-20(33-5)15-21(14-19)34-6;1-6(2)4-3-5/h7-10,13-16H,11-12,17H2,1-6H3,(H,27,28,29);3-5H2,1-2H3. The number of nitrogens with two attached hydrogens (primary N) is 1. The molecule has 0 radical (unpaired) electrons. The van der Waals surface area contributed by atoms with Crippen LogP contribution in [0.15, 0.2) is 48.7 Å². The van der Waals surface area contributed by atoms with E-state index < -0.39 is 0 Å². The van der Waals surface area contributed by atoms with Crippen molar-refractivity contribution in [2.75, 3.05) is 81.0 Å². The first-order valence-corrected chi connectivity index (χ1v) is 13.2. The van der Waals surface area contributed by atoms with Crippen LogP contribution in [0.25, 0.3) is 11.3 Å². The lowest BCUT2D eigenvalue weighted by Crippen LogP contribution is -2.27. The summed E-state index contributed by atoms with van der Waals surface area (Å²) in [6.07, 6.45) is 1.61. The van der Waals surface area contributed by atoms with Gasteiger partial charge in [-0.1, -0.05) is 24.3 Å². The number of methoxy groups -OCH3 is 2. The Morgan fingerprint density at radius 1 is 0.950 bits per heavy atom. The molecule has 0 spiro atoms. The maximum absolute atomic E-state index is 13.5. The summed E-state index contributed by atoms with van der Waals surface area (Å²) in [5.41, 5.74) is 9.08. The number of likely N-dealkylation sites (N-methyl/N-ethyl adjacent to an activating group) is 2. The molecular formula is C30H45N7O3. The van der Waals surface area contributed by atoms with E-state index in [-0.39, 0.29) is 5.91 Å². The first-order chi connectivity index (χ1) is 19.1. The van der Waals surface area contributed by atoms with Crippen molar-refractivity contribution < 1.29 is 14.3 Å². The van der Waals surface area contributed by atoms with Crippen molar-refractivity contribution in [1.82, 2.24) is 24.7 Å². The fourth-order valence-corrected chi connectivity index (χ4v) is 3.83. The van der Waals surface area contributed by atoms with Gasteiger partial charge in [-0.2, -0.15) is 0 Å². The Balaban J connectivity index is 0.000000840. The number of aromatic nitrogens is 2. The second kappa shape index (κ2) is 16.4. The number of hydrogen-bond donors (Lipinski definition) is 2. The zero-order valence-electron chi connectivity index (χ0n) is 25.2. The highest BCUT2D eigenvalue weighted by molar-refractivity contribution is 6.00. The lowest BCUT2D eigenvalue weighted by atomic mass is 10.0. The summed E-state index contributed by atoms with van der Waals surface area (Å²) in [5, 5.41) is 3.25. The molecule has 0 aliphatic rings. The summed E-state index contributed by atoms with van der Waals surface area (Å²) in [6, 6.07) is 13.5. The molecule has 3 rings (SSSR count). The van der Waals surface area contributed by atoms with Gasteiger partial charge >= 0.3 is 0 Å². The molecule has 40 heavy (non-hydrogen) atoms. The van der Waals surface area contributed by atoms with Gasteiger partial charge in [0, 0.05) is 57.6 Å². The molecule has 0 bridgehead atoms. The normalized spacial score (nSPS) is 10.7. The minimum Gasteiger partial charge on any atom is -0.497 e. The maximum Gasteiger partial charge on any atom is 0.257 e. The predicted molar refractivity (Wildman–Crippen MR) is 162 cm³/mol. The molecule has 0 saturated heterocycles. The van der Waals surface area contributed by atoms with Crippen molar-refractivity contribution in [3.63, 3.8) is 0 Å². The molecule has 10 heteroatoms. The Bertz CT molecular complexity index is 1200. The largest absolute Gasteiger partial charge is 0.497 e. The Kier molecular flexibility index (Phi) is 13.3. The molecule has 2 aromatic carbocycles. The van der Waals surface area contributed by atoms with E-state index >= 15 is 0 Å². The number of carbonyl (C=O) groups is 1. The summed E-state index contributed by atoms with van der Waals surface area (Å²) >= 11 is 0. The minimum absolute atomic E-state index is 0.167. The fraction of sp³-hybridized carbons (Fsp3) is 0.433. The Morgan fingerprint density at radius 2 is 1.57 bits per heavy atom. The molecule has 1 aromatic heterocycles. The summed E-state index contributed by atoms with van der Waals surface area (Å²) in [6.45, 7) is 5.67. The number of hydrogen-bond acceptors (Lipinski definition) is 9. The molecule has 3 N–H and O–H groups in total. The average molecular weight is 552 g/mol. The van der Waals surface area contributed by atoms with Crippen LogP contribution in [0.5, 0.6) is 11.5 Å². The van der Waals surface area contributed by atoms with Gasteiger partial charge in [0.05, 0.1) is 25.5 Å². The van der Waals surface area contributed by atoms with E-state index in [0.717, 1.165) is 36.3 Å². The van der Waals surface area contributed by atoms with Crippen molar-refractivity contribution in [1.29, 1.82) is 0 Å². The van der Waals surface area contributed by atoms with Gasteiger partial charge in [-0.25, -0.2) is 9.97 Å². The van der Waals surface area contributed by atoms with E-state index in [1.54, 1.807) is 38.4 Å². The molecule has 0 saturated carbocycles. The predicted octanol–water partition coefficient (Wildman–Crippen LogP) is 3.22. The molecule has 1 heterocycles. The third-order valence-electron chi connectivity index (χ3n) is 6.02. The zero-order valence-corrected chi connectivity index (χ0v) is 25.2. The van der Waals surface area contributed by atoms with Crippen molar-refractivity contribution in [3.8, 4) is 22.8 Å². The van der Waals surface area contributed by atoms with Crippen molar-refractivity contribution >= 4 is 11.9 Å². The third kappa shape index (κ3) is 10.1. The van der Waals surface area contributed by atoms with Crippen LogP contribution >= 0.6 is 0 Å². The van der Waals surface area contributed by atoms with Crippen LogP contribution in [0, 0.1) is 6.92 Å². The number of rotatable bonds is 12. The van der Waals surface area contributed by atoms with Gasteiger partial charge in [0.25, 0.3) is 5.91 Å². The van der Waals surface area contributed by atoms with Crippen LogP contribution in [0.2, 0.25) is 0 Å². The quantitative estimate of drug-likeness (QED) is 0.351. The molecular weight excluding hydrogens is 506 g/mol. The molecule has 0 aliphatic carbocycles. The first kappa shape index (κ1) is 32.5. The van der Waals surface area contributed by atoms with E-state index in [0.29, 0.717) is 41.8 Å². The third-order valence-corrected chi connectivity index (χ3v) is 6.02. The molecule has 3 aromatic rings. The number of ether oxygens (including phenoxy) is 2. The summed E-state index contributed by atoms with van der Waals surface area (Å²) in [5.74, 6) is 1.68. The second-order valence-electron chi connectivity index (χ2n) is 9.97. The number of nitrogens with zero attached hydrogens (tertiary/aromatic N) is 5. The smallest absolute Gasteiger partial charge is 0.257 e. The summed E-state index contributed by atoms with van der Waals surface area (Å²) in [7, 11) is 13.0. The monoisotopic (exact) mass is 551 g/mol. The lowest BCUT2D eigenvalue weighted by molar-refractivity contribution is 0.0785. The zero-order chi connectivity index (χ0) is 29.7. The van der Waals surface area contributed by atoms with Crippen molar-refractivity contribution in [2.45, 2.75) is 13.5 Å². The van der Waals surface area contributed by atoms with Gasteiger partial charge in [0.2, 0.25) is 5.95 Å². The molecule has 0 aliphatic heterocycles. The van der Waals surface area contributed by atoms with Crippen molar-refractivity contribution in [2.24, 2.45) is 5.73 Å². The van der Waals surface area contributed by atoms with Gasteiger partial charge in [0.15, 0.2) is 0 Å². The highest BCUT2D eigenvalue weighted by Gasteiger charge is 2.21. The molecule has 0 fully saturated rings. The van der Waals surface area contributed by atoms with Crippen LogP contribution in [0.1, 0.15) is 21.5 Å². The Hall–Kier alpha value is -3.73. The van der Waals surface area contributed by atoms with E-state index in [4.69, 9.17) is 20.2 Å². The van der Waals surface area contributed by atoms with E-state index in [2.05, 4.69) is 20.1 Å². The number of anilines is 1. The highest BCUT2D eigenvalue weighted by atomic mass is 16.5. The first-order valence-electron chi connectivity index (χ1n) is 13.2. The van der Waals surface area contributed by atoms with Crippen molar-refractivity contribution in [3.05, 3.63) is 65.4 Å². The van der Waals surface area contributed by atoms with E-state index in [1.807, 2.05) is 71.5 Å². The molecule has 0 unspecified atom stereocenters. The van der Waals surface area contributed by atoms with Crippen LogP contribution in [0.3, 0.4) is 0 Å². The van der Waals surface area contributed by atoms with E-state index in [1.165, 1.54) is 0 Å². The van der Waals surface area contributed by atoms with Crippen LogP contribution in [-0.4, -0.2) is 106 Å². The SMILES string of the molecule is CN(C)CCN.COc1cc(CN(C)C(=O)c2cnc(NCCN(C)C)nc2-c2ccccc2C)cc(OC)c1. The molecule has 1 amide bonds. The van der Waals surface area contributed by atoms with Gasteiger partial charge in [-0.3, -0.25) is 4.79 Å². The Labute approximate surface area is 239 Å². The summed E-state index contributed by atoms with van der Waals surface area (Å²) in [4.78, 5) is 28.5. The van der Waals surface area contributed by atoms with Gasteiger partial charge < -0.3 is 35.2 Å². The van der Waals surface area contributed by atoms with Crippen LogP contribution in [0.4, 0.5) is 5.95 Å². The maximum atomic E-state index is 13.5. The van der Waals surface area contributed by atoms with E-state index in [9.17, 15) is 4.79 Å². The van der Waals surface area contributed by atoms with Gasteiger partial charge in [0.1, 0.15) is 11.5 Å². The highest BCUT2D eigenvalue weighted by Crippen LogP contribution is 2.28. The topological polar surface area (TPSA) is 109 Å². The summed E-state index contributed by atoms with van der Waals surface area (Å²) < 4.78 is 10.7. The second-order valence-corrected chi connectivity index (χ2v) is 9.97. The number of amides is 1. The average Bonchev–Trinajstić information content (AvgIpc) is 2.92. The number of nitrogens with one attached hydrogen (secondary N) is 1.